The zero-order valence-electron chi connectivity index (χ0n) is 12.3. The van der Waals surface area contributed by atoms with Gasteiger partial charge in [-0.2, -0.15) is 0 Å². The number of aliphatic hydroxyl groups excluding tert-OH is 1. The Hall–Kier alpha value is -2.07. The zero-order valence-corrected chi connectivity index (χ0v) is 12.3. The Kier molecular flexibility index (Phi) is 5.58. The summed E-state index contributed by atoms with van der Waals surface area (Å²) in [6.45, 7) is 2.94. The van der Waals surface area contributed by atoms with E-state index in [0.29, 0.717) is 6.54 Å². The second kappa shape index (κ2) is 7.64. The Morgan fingerprint density at radius 1 is 1.14 bits per heavy atom. The van der Waals surface area contributed by atoms with Gasteiger partial charge in [-0.25, -0.2) is 4.79 Å². The summed E-state index contributed by atoms with van der Waals surface area (Å²) in [4.78, 5) is 11.5. The van der Waals surface area contributed by atoms with Gasteiger partial charge < -0.3 is 15.7 Å². The van der Waals surface area contributed by atoms with E-state index in [2.05, 4.69) is 17.6 Å². The number of hydrogen-bond donors (Lipinski definition) is 3. The minimum atomic E-state index is -0.702. The van der Waals surface area contributed by atoms with Crippen LogP contribution in [0.2, 0.25) is 0 Å². The van der Waals surface area contributed by atoms with E-state index in [9.17, 15) is 9.90 Å². The second-order valence-electron chi connectivity index (χ2n) is 5.11. The van der Waals surface area contributed by atoms with Crippen molar-refractivity contribution in [2.75, 3.05) is 13.1 Å². The molecule has 4 heteroatoms. The van der Waals surface area contributed by atoms with Crippen LogP contribution in [0.1, 0.15) is 31.4 Å². The van der Waals surface area contributed by atoms with Crippen LogP contribution in [0.4, 0.5) is 4.79 Å². The smallest absolute Gasteiger partial charge is 0.314 e. The van der Waals surface area contributed by atoms with Crippen LogP contribution in [-0.4, -0.2) is 24.2 Å². The van der Waals surface area contributed by atoms with Crippen LogP contribution in [0.15, 0.2) is 42.5 Å². The van der Waals surface area contributed by atoms with Gasteiger partial charge in [-0.15, -0.1) is 0 Å². The van der Waals surface area contributed by atoms with Gasteiger partial charge in [0.15, 0.2) is 0 Å². The Morgan fingerprint density at radius 3 is 2.67 bits per heavy atom. The first kappa shape index (κ1) is 15.3. The largest absolute Gasteiger partial charge is 0.387 e. The average molecular weight is 286 g/mol. The van der Waals surface area contributed by atoms with E-state index in [0.717, 1.165) is 29.2 Å². The highest BCUT2D eigenvalue weighted by Crippen LogP contribution is 2.19. The van der Waals surface area contributed by atoms with Gasteiger partial charge in [0.1, 0.15) is 0 Å². The van der Waals surface area contributed by atoms with Crippen LogP contribution >= 0.6 is 0 Å². The molecule has 0 heterocycles. The normalized spacial score (nSPS) is 12.1. The van der Waals surface area contributed by atoms with Gasteiger partial charge in [-0.3, -0.25) is 0 Å². The first-order valence-electron chi connectivity index (χ1n) is 7.39. The molecule has 0 aliphatic rings. The third-order valence-electron chi connectivity index (χ3n) is 3.43. The molecule has 0 bridgehead atoms. The summed E-state index contributed by atoms with van der Waals surface area (Å²) in [7, 11) is 0. The van der Waals surface area contributed by atoms with Crippen LogP contribution in [0, 0.1) is 0 Å². The molecule has 2 aromatic carbocycles. The number of fused-ring (bicyclic) bond motifs is 1. The van der Waals surface area contributed by atoms with E-state index in [1.54, 1.807) is 0 Å². The maximum Gasteiger partial charge on any atom is 0.314 e. The van der Waals surface area contributed by atoms with E-state index in [1.807, 2.05) is 42.5 Å². The minimum absolute atomic E-state index is 0.205. The molecule has 0 aliphatic carbocycles. The number of carbonyl (C=O) groups is 1. The number of carbonyl (C=O) groups excluding carboxylic acids is 1. The Morgan fingerprint density at radius 2 is 1.90 bits per heavy atom. The monoisotopic (exact) mass is 286 g/mol. The maximum atomic E-state index is 11.5. The van der Waals surface area contributed by atoms with Crippen LogP contribution in [0.3, 0.4) is 0 Å². The highest BCUT2D eigenvalue weighted by atomic mass is 16.3. The molecule has 2 amide bonds. The van der Waals surface area contributed by atoms with Crippen molar-refractivity contribution in [2.45, 2.75) is 25.9 Å². The van der Waals surface area contributed by atoms with E-state index in [4.69, 9.17) is 0 Å². The Balaban J connectivity index is 1.89. The third-order valence-corrected chi connectivity index (χ3v) is 3.43. The molecule has 2 rings (SSSR count). The molecule has 0 aromatic heterocycles. The van der Waals surface area contributed by atoms with Gasteiger partial charge in [0, 0.05) is 13.1 Å². The number of benzene rings is 2. The second-order valence-corrected chi connectivity index (χ2v) is 5.11. The lowest BCUT2D eigenvalue weighted by Gasteiger charge is -2.13. The zero-order chi connectivity index (χ0) is 15.1. The summed E-state index contributed by atoms with van der Waals surface area (Å²) in [5.74, 6) is 0. The molecule has 112 valence electrons. The summed E-state index contributed by atoms with van der Waals surface area (Å²) in [6, 6.07) is 13.6. The number of aliphatic hydroxyl groups is 1. The first-order valence-corrected chi connectivity index (χ1v) is 7.39. The fourth-order valence-electron chi connectivity index (χ4n) is 2.16. The van der Waals surface area contributed by atoms with Gasteiger partial charge in [-0.1, -0.05) is 49.7 Å². The lowest BCUT2D eigenvalue weighted by molar-refractivity contribution is 0.173. The van der Waals surface area contributed by atoms with Crippen molar-refractivity contribution in [3.8, 4) is 0 Å². The van der Waals surface area contributed by atoms with Crippen molar-refractivity contribution in [3.05, 3.63) is 48.0 Å². The van der Waals surface area contributed by atoms with E-state index in [-0.39, 0.29) is 12.6 Å². The third kappa shape index (κ3) is 4.46. The van der Waals surface area contributed by atoms with E-state index in [1.165, 1.54) is 0 Å². The molecule has 1 unspecified atom stereocenters. The molecule has 0 spiro atoms. The molecular formula is C17H22N2O2. The molecule has 0 radical (unpaired) electrons. The van der Waals surface area contributed by atoms with Gasteiger partial charge in [0.05, 0.1) is 6.10 Å². The van der Waals surface area contributed by atoms with Crippen molar-refractivity contribution >= 4 is 16.8 Å². The van der Waals surface area contributed by atoms with Crippen molar-refractivity contribution in [1.29, 1.82) is 0 Å². The SMILES string of the molecule is CCCCNC(=O)NCC(O)c1ccc2ccccc2c1. The number of urea groups is 1. The van der Waals surface area contributed by atoms with Gasteiger partial charge in [-0.05, 0) is 28.8 Å². The molecule has 0 aliphatic heterocycles. The summed E-state index contributed by atoms with van der Waals surface area (Å²) >= 11 is 0. The summed E-state index contributed by atoms with van der Waals surface area (Å²) in [5, 5.41) is 17.8. The average Bonchev–Trinajstić information content (AvgIpc) is 2.52. The summed E-state index contributed by atoms with van der Waals surface area (Å²) in [5.41, 5.74) is 0.808. The quantitative estimate of drug-likeness (QED) is 0.715. The maximum absolute atomic E-state index is 11.5. The molecule has 21 heavy (non-hydrogen) atoms. The molecular weight excluding hydrogens is 264 g/mol. The first-order chi connectivity index (χ1) is 10.2. The number of rotatable bonds is 6. The Bertz CT molecular complexity index is 598. The molecule has 0 fully saturated rings. The Labute approximate surface area is 125 Å². The van der Waals surface area contributed by atoms with Gasteiger partial charge >= 0.3 is 6.03 Å². The highest BCUT2D eigenvalue weighted by molar-refractivity contribution is 5.83. The fourth-order valence-corrected chi connectivity index (χ4v) is 2.16. The lowest BCUT2D eigenvalue weighted by atomic mass is 10.0. The molecule has 2 aromatic rings. The topological polar surface area (TPSA) is 61.4 Å². The van der Waals surface area contributed by atoms with Crippen LogP contribution < -0.4 is 10.6 Å². The number of amides is 2. The van der Waals surface area contributed by atoms with Crippen LogP contribution in [0.5, 0.6) is 0 Å². The van der Waals surface area contributed by atoms with Gasteiger partial charge in [0.25, 0.3) is 0 Å². The number of unbranched alkanes of at least 4 members (excludes halogenated alkanes) is 1. The van der Waals surface area contributed by atoms with Crippen molar-refractivity contribution in [3.63, 3.8) is 0 Å². The predicted octanol–water partition coefficient (Wildman–Crippen LogP) is 2.97. The highest BCUT2D eigenvalue weighted by Gasteiger charge is 2.09. The molecule has 0 saturated heterocycles. The van der Waals surface area contributed by atoms with E-state index < -0.39 is 6.10 Å². The standard InChI is InChI=1S/C17H22N2O2/c1-2-3-10-18-17(21)19-12-16(20)15-9-8-13-6-4-5-7-14(13)11-15/h4-9,11,16,20H,2-3,10,12H2,1H3,(H2,18,19,21). The molecule has 1 atom stereocenters. The summed E-state index contributed by atoms with van der Waals surface area (Å²) < 4.78 is 0. The van der Waals surface area contributed by atoms with Crippen LogP contribution in [0.25, 0.3) is 10.8 Å². The molecule has 4 nitrogen and oxygen atoms in total. The number of nitrogens with one attached hydrogen (secondary N) is 2. The number of hydrogen-bond acceptors (Lipinski definition) is 2. The minimum Gasteiger partial charge on any atom is -0.387 e. The van der Waals surface area contributed by atoms with Crippen molar-refractivity contribution in [1.82, 2.24) is 10.6 Å². The van der Waals surface area contributed by atoms with Gasteiger partial charge in [0.2, 0.25) is 0 Å². The predicted molar refractivity (Wildman–Crippen MR) is 85.2 cm³/mol. The van der Waals surface area contributed by atoms with Crippen molar-refractivity contribution in [2.24, 2.45) is 0 Å². The summed E-state index contributed by atoms with van der Waals surface area (Å²) in [6.07, 6.45) is 1.30. The van der Waals surface area contributed by atoms with E-state index >= 15 is 0 Å². The van der Waals surface area contributed by atoms with Crippen LogP contribution in [-0.2, 0) is 0 Å². The lowest BCUT2D eigenvalue weighted by Crippen LogP contribution is -2.38. The molecule has 0 saturated carbocycles. The molecule has 3 N–H and O–H groups in total. The fraction of sp³-hybridized carbons (Fsp3) is 0.353. The van der Waals surface area contributed by atoms with Crippen molar-refractivity contribution < 1.29 is 9.90 Å².